The van der Waals surface area contributed by atoms with Gasteiger partial charge in [-0.2, -0.15) is 0 Å². The lowest BCUT2D eigenvalue weighted by atomic mass is 10.1. The quantitative estimate of drug-likeness (QED) is 0.559. The molecule has 8 heteroatoms. The van der Waals surface area contributed by atoms with Gasteiger partial charge < -0.3 is 14.8 Å². The summed E-state index contributed by atoms with van der Waals surface area (Å²) in [6.45, 7) is 3.86. The first-order chi connectivity index (χ1) is 13.2. The number of amides is 1. The monoisotopic (exact) mass is 394 g/mol. The summed E-state index contributed by atoms with van der Waals surface area (Å²) in [6, 6.07) is 4.05. The fourth-order valence-corrected chi connectivity index (χ4v) is 3.48. The van der Waals surface area contributed by atoms with E-state index in [0.29, 0.717) is 16.5 Å². The molecule has 1 aliphatic carbocycles. The van der Waals surface area contributed by atoms with Gasteiger partial charge in [0.2, 0.25) is 5.78 Å². The number of benzene rings is 1. The molecule has 1 saturated carbocycles. The number of aryl methyl sites for hydroxylation is 1. The van der Waals surface area contributed by atoms with E-state index in [2.05, 4.69) is 9.88 Å². The summed E-state index contributed by atoms with van der Waals surface area (Å²) >= 11 is 0. The van der Waals surface area contributed by atoms with Crippen molar-refractivity contribution in [2.24, 2.45) is 0 Å². The van der Waals surface area contributed by atoms with Gasteiger partial charge in [-0.1, -0.05) is 0 Å². The number of halogens is 3. The molecule has 28 heavy (non-hydrogen) atoms. The molecule has 1 amide bonds. The maximum absolute atomic E-state index is 13.7. The lowest BCUT2D eigenvalue weighted by Gasteiger charge is -2.14. The summed E-state index contributed by atoms with van der Waals surface area (Å²) < 4.78 is 42.0. The van der Waals surface area contributed by atoms with Gasteiger partial charge in [0.25, 0.3) is 5.91 Å². The number of carbonyl (C=O) groups excluding carboxylic acids is 2. The van der Waals surface area contributed by atoms with Crippen LogP contribution in [-0.4, -0.2) is 36.4 Å². The first-order valence-corrected chi connectivity index (χ1v) is 9.15. The second-order valence-electron chi connectivity index (χ2n) is 7.39. The molecule has 0 radical (unpaired) electrons. The topological polar surface area (TPSA) is 55.5 Å². The molecule has 0 bridgehead atoms. The van der Waals surface area contributed by atoms with Crippen LogP contribution in [0.2, 0.25) is 0 Å². The number of hydrogen-bond donors (Lipinski definition) is 2. The number of anilines is 1. The Kier molecular flexibility index (Phi) is 5.60. The molecule has 0 spiro atoms. The number of aromatic nitrogens is 1. The molecule has 1 fully saturated rings. The number of hydrogen-bond acceptors (Lipinski definition) is 2. The zero-order valence-corrected chi connectivity index (χ0v) is 16.0. The van der Waals surface area contributed by atoms with Gasteiger partial charge in [0, 0.05) is 23.0 Å². The summed E-state index contributed by atoms with van der Waals surface area (Å²) in [7, 11) is 1.67. The molecule has 0 saturated heterocycles. The second-order valence-corrected chi connectivity index (χ2v) is 7.39. The lowest BCUT2D eigenvalue weighted by Crippen LogP contribution is -3.11. The van der Waals surface area contributed by atoms with Gasteiger partial charge in [-0.25, -0.2) is 13.2 Å². The first kappa shape index (κ1) is 20.1. The molecule has 2 N–H and O–H groups in total. The van der Waals surface area contributed by atoms with E-state index in [9.17, 15) is 22.8 Å². The number of ketones is 1. The molecule has 3 rings (SSSR count). The Labute approximate surface area is 161 Å². The number of quaternary nitrogens is 1. The minimum Gasteiger partial charge on any atom is -0.345 e. The van der Waals surface area contributed by atoms with Crippen LogP contribution in [0.4, 0.5) is 18.9 Å². The molecular formula is C20H23F3N3O2+. The third-order valence-electron chi connectivity index (χ3n) is 4.93. The van der Waals surface area contributed by atoms with Crippen LogP contribution in [0.25, 0.3) is 0 Å². The molecule has 1 atom stereocenters. The van der Waals surface area contributed by atoms with E-state index in [1.807, 2.05) is 19.9 Å². The normalized spacial score (nSPS) is 14.8. The Morgan fingerprint density at radius 3 is 2.46 bits per heavy atom. The highest BCUT2D eigenvalue weighted by Gasteiger charge is 2.29. The summed E-state index contributed by atoms with van der Waals surface area (Å²) in [5.74, 6) is -5.09. The van der Waals surface area contributed by atoms with Gasteiger partial charge in [-0.05, 0) is 44.9 Å². The zero-order chi connectivity index (χ0) is 20.6. The van der Waals surface area contributed by atoms with Crippen LogP contribution < -0.4 is 10.2 Å². The maximum Gasteiger partial charge on any atom is 0.279 e. The van der Waals surface area contributed by atoms with Crippen molar-refractivity contribution in [2.45, 2.75) is 32.7 Å². The maximum atomic E-state index is 13.7. The summed E-state index contributed by atoms with van der Waals surface area (Å²) in [6.07, 6.45) is 2.24. The highest BCUT2D eigenvalue weighted by molar-refractivity contribution is 5.98. The van der Waals surface area contributed by atoms with Crippen molar-refractivity contribution in [2.75, 3.05) is 25.5 Å². The minimum absolute atomic E-state index is 0.0793. The van der Waals surface area contributed by atoms with Crippen LogP contribution in [0.15, 0.2) is 18.2 Å². The van der Waals surface area contributed by atoms with Crippen molar-refractivity contribution in [3.05, 3.63) is 52.6 Å². The fraction of sp³-hybridized carbons (Fsp3) is 0.400. The Hall–Kier alpha value is -2.61. The van der Waals surface area contributed by atoms with Gasteiger partial charge in [0.1, 0.15) is 6.54 Å². The van der Waals surface area contributed by atoms with Gasteiger partial charge >= 0.3 is 0 Å². The predicted octanol–water partition coefficient (Wildman–Crippen LogP) is 2.19. The van der Waals surface area contributed by atoms with Crippen LogP contribution in [-0.2, 0) is 4.79 Å². The third kappa shape index (κ3) is 4.11. The molecule has 1 aliphatic rings. The van der Waals surface area contributed by atoms with E-state index in [-0.39, 0.29) is 18.9 Å². The van der Waals surface area contributed by atoms with Crippen molar-refractivity contribution < 1.29 is 27.7 Å². The fourth-order valence-electron chi connectivity index (χ4n) is 3.48. The zero-order valence-electron chi connectivity index (χ0n) is 16.0. The highest BCUT2D eigenvalue weighted by Crippen LogP contribution is 2.38. The van der Waals surface area contributed by atoms with Crippen molar-refractivity contribution >= 4 is 17.4 Å². The van der Waals surface area contributed by atoms with Crippen LogP contribution in [0, 0.1) is 31.3 Å². The molecule has 5 nitrogen and oxygen atoms in total. The average molecular weight is 394 g/mol. The minimum atomic E-state index is -1.64. The van der Waals surface area contributed by atoms with E-state index >= 15 is 0 Å². The van der Waals surface area contributed by atoms with Crippen molar-refractivity contribution in [1.29, 1.82) is 0 Å². The number of carbonyl (C=O) groups is 2. The number of rotatable bonds is 7. The van der Waals surface area contributed by atoms with Crippen LogP contribution in [0.3, 0.4) is 0 Å². The summed E-state index contributed by atoms with van der Waals surface area (Å²) in [4.78, 5) is 25.3. The average Bonchev–Trinajstić information content (AvgIpc) is 3.40. The molecule has 1 unspecified atom stereocenters. The number of likely N-dealkylation sites (N-methyl/N-ethyl adjacent to an activating group) is 1. The van der Waals surface area contributed by atoms with E-state index in [1.54, 1.807) is 7.05 Å². The van der Waals surface area contributed by atoms with Crippen LogP contribution in [0.1, 0.15) is 40.6 Å². The van der Waals surface area contributed by atoms with Crippen molar-refractivity contribution in [1.82, 2.24) is 4.57 Å². The number of nitrogens with zero attached hydrogens (tertiary/aromatic N) is 1. The Bertz CT molecular complexity index is 935. The Morgan fingerprint density at radius 1 is 1.14 bits per heavy atom. The highest BCUT2D eigenvalue weighted by atomic mass is 19.2. The Balaban J connectivity index is 1.60. The molecular weight excluding hydrogens is 371 g/mol. The van der Waals surface area contributed by atoms with E-state index in [1.165, 1.54) is 0 Å². The Morgan fingerprint density at radius 2 is 1.82 bits per heavy atom. The second kappa shape index (κ2) is 7.79. The van der Waals surface area contributed by atoms with Gasteiger partial charge in [0.15, 0.2) is 24.0 Å². The largest absolute Gasteiger partial charge is 0.345 e. The molecule has 1 aromatic carbocycles. The van der Waals surface area contributed by atoms with Crippen molar-refractivity contribution in [3.63, 3.8) is 0 Å². The molecule has 150 valence electrons. The molecule has 1 heterocycles. The third-order valence-corrected chi connectivity index (χ3v) is 4.93. The summed E-state index contributed by atoms with van der Waals surface area (Å²) in [5, 5.41) is 2.21. The van der Waals surface area contributed by atoms with E-state index < -0.39 is 29.0 Å². The lowest BCUT2D eigenvalue weighted by molar-refractivity contribution is -0.861. The van der Waals surface area contributed by atoms with Crippen LogP contribution >= 0.6 is 0 Å². The summed E-state index contributed by atoms with van der Waals surface area (Å²) in [5.41, 5.74) is 2.20. The van der Waals surface area contributed by atoms with Crippen molar-refractivity contribution in [3.8, 4) is 0 Å². The predicted molar refractivity (Wildman–Crippen MR) is 98.1 cm³/mol. The number of Topliss-reactive ketones (excluding diaryl/α,β-unsaturated/α-hetero) is 1. The number of nitrogens with one attached hydrogen (secondary N) is 2. The van der Waals surface area contributed by atoms with E-state index in [0.717, 1.165) is 36.4 Å². The SMILES string of the molecule is Cc1cc(C(=O)C[NH+](C)CC(=O)Nc2ccc(F)c(F)c2F)c(C)n1C1CC1. The van der Waals surface area contributed by atoms with Gasteiger partial charge in [-0.3, -0.25) is 9.59 Å². The first-order valence-electron chi connectivity index (χ1n) is 9.15. The molecule has 2 aromatic rings. The van der Waals surface area contributed by atoms with Gasteiger partial charge in [-0.15, -0.1) is 0 Å². The van der Waals surface area contributed by atoms with Gasteiger partial charge in [0.05, 0.1) is 12.7 Å². The molecule has 1 aromatic heterocycles. The molecule has 0 aliphatic heterocycles. The van der Waals surface area contributed by atoms with Crippen LogP contribution in [0.5, 0.6) is 0 Å². The smallest absolute Gasteiger partial charge is 0.279 e. The standard InChI is InChI=1S/C20H22F3N3O2/c1-11-8-14(12(2)26(11)13-4-5-13)17(27)9-25(3)10-18(28)24-16-7-6-15(21)19(22)20(16)23/h6-8,13H,4-5,9-10H2,1-3H3,(H,24,28)/p+1. The van der Waals surface area contributed by atoms with E-state index in [4.69, 9.17) is 0 Å².